The van der Waals surface area contributed by atoms with E-state index in [0.717, 1.165) is 16.7 Å². The topological polar surface area (TPSA) is 59.2 Å². The predicted molar refractivity (Wildman–Crippen MR) is 52.1 cm³/mol. The summed E-state index contributed by atoms with van der Waals surface area (Å²) in [6.45, 7) is 0.226. The molecule has 0 bridgehead atoms. The van der Waals surface area contributed by atoms with E-state index in [1.54, 1.807) is 0 Å². The first-order valence-corrected chi connectivity index (χ1v) is 5.34. The van der Waals surface area contributed by atoms with Crippen molar-refractivity contribution in [2.45, 2.75) is 18.6 Å². The van der Waals surface area contributed by atoms with Gasteiger partial charge in [-0.05, 0) is 0 Å². The van der Waals surface area contributed by atoms with Gasteiger partial charge in [0.05, 0.1) is 0 Å². The number of thiazole rings is 1. The van der Waals surface area contributed by atoms with Gasteiger partial charge >= 0.3 is 6.18 Å². The Morgan fingerprint density at radius 1 is 1.56 bits per heavy atom. The molecule has 1 fully saturated rings. The van der Waals surface area contributed by atoms with E-state index in [4.69, 9.17) is 5.73 Å². The van der Waals surface area contributed by atoms with Gasteiger partial charge in [-0.1, -0.05) is 0 Å². The molecule has 1 aliphatic rings. The molecule has 0 radical (unpaired) electrons. The summed E-state index contributed by atoms with van der Waals surface area (Å²) in [6, 6.07) is -0.328. The van der Waals surface area contributed by atoms with Gasteiger partial charge in [-0.15, -0.1) is 11.3 Å². The van der Waals surface area contributed by atoms with E-state index < -0.39 is 11.9 Å². The van der Waals surface area contributed by atoms with Crippen LogP contribution in [-0.4, -0.2) is 23.5 Å². The largest absolute Gasteiger partial charge is 0.434 e. The maximum Gasteiger partial charge on any atom is 0.434 e. The van der Waals surface area contributed by atoms with E-state index in [1.807, 2.05) is 0 Å². The van der Waals surface area contributed by atoms with Gasteiger partial charge in [0.25, 0.3) is 0 Å². The van der Waals surface area contributed by atoms with Gasteiger partial charge in [0.2, 0.25) is 5.91 Å². The lowest BCUT2D eigenvalue weighted by atomic mass is 10.3. The summed E-state index contributed by atoms with van der Waals surface area (Å²) in [6.07, 6.45) is -4.32. The smallest absolute Gasteiger partial charge is 0.326 e. The molecule has 1 unspecified atom stereocenters. The van der Waals surface area contributed by atoms with Gasteiger partial charge in [0.15, 0.2) is 10.8 Å². The number of rotatable bonds is 1. The Morgan fingerprint density at radius 3 is 2.69 bits per heavy atom. The Labute approximate surface area is 92.9 Å². The van der Waals surface area contributed by atoms with Crippen LogP contribution in [0.5, 0.6) is 0 Å². The van der Waals surface area contributed by atoms with Crippen LogP contribution in [0, 0.1) is 0 Å². The van der Waals surface area contributed by atoms with Gasteiger partial charge in [-0.2, -0.15) is 13.2 Å². The predicted octanol–water partition coefficient (Wildman–Crippen LogP) is 1.23. The standard InChI is InChI=1S/C8H8F3N3OS/c9-8(10,11)5-3-16-7(13-5)14-2-4(12)1-6(14)15/h3-4H,1-2,12H2. The van der Waals surface area contributed by atoms with Crippen LogP contribution in [0.1, 0.15) is 12.1 Å². The lowest BCUT2D eigenvalue weighted by Crippen LogP contribution is -2.28. The van der Waals surface area contributed by atoms with Crippen molar-refractivity contribution in [2.75, 3.05) is 11.4 Å². The zero-order valence-corrected chi connectivity index (χ0v) is 8.81. The highest BCUT2D eigenvalue weighted by atomic mass is 32.1. The minimum Gasteiger partial charge on any atom is -0.326 e. The molecule has 1 atom stereocenters. The molecule has 1 aromatic rings. The maximum absolute atomic E-state index is 12.3. The Kier molecular flexibility index (Phi) is 2.62. The lowest BCUT2D eigenvalue weighted by Gasteiger charge is -2.11. The fraction of sp³-hybridized carbons (Fsp3) is 0.500. The van der Waals surface area contributed by atoms with Gasteiger partial charge in [-0.25, -0.2) is 4.98 Å². The van der Waals surface area contributed by atoms with Crippen LogP contribution < -0.4 is 10.6 Å². The summed E-state index contributed by atoms with van der Waals surface area (Å²) in [4.78, 5) is 16.0. The van der Waals surface area contributed by atoms with Crippen LogP contribution in [0.25, 0.3) is 0 Å². The molecule has 2 rings (SSSR count). The average molecular weight is 251 g/mol. The third-order valence-corrected chi connectivity index (χ3v) is 3.03. The van der Waals surface area contributed by atoms with Crippen molar-refractivity contribution in [1.82, 2.24) is 4.98 Å². The zero-order chi connectivity index (χ0) is 11.9. The number of aromatic nitrogens is 1. The molecular weight excluding hydrogens is 243 g/mol. The number of alkyl halides is 3. The molecule has 0 spiro atoms. The van der Waals surface area contributed by atoms with Crippen LogP contribution in [0.15, 0.2) is 5.38 Å². The summed E-state index contributed by atoms with van der Waals surface area (Å²) in [5, 5.41) is 0.956. The van der Waals surface area contributed by atoms with Crippen LogP contribution in [0.4, 0.5) is 18.3 Å². The van der Waals surface area contributed by atoms with Gasteiger partial charge in [-0.3, -0.25) is 9.69 Å². The molecule has 0 aromatic carbocycles. The number of nitrogens with zero attached hydrogens (tertiary/aromatic N) is 2. The molecule has 8 heteroatoms. The van der Waals surface area contributed by atoms with Gasteiger partial charge in [0.1, 0.15) is 0 Å². The fourth-order valence-corrected chi connectivity index (χ4v) is 2.30. The number of hydrogen-bond donors (Lipinski definition) is 1. The van der Waals surface area contributed by atoms with E-state index in [2.05, 4.69) is 4.98 Å². The second-order valence-electron chi connectivity index (χ2n) is 3.48. The highest BCUT2D eigenvalue weighted by molar-refractivity contribution is 7.14. The van der Waals surface area contributed by atoms with Gasteiger partial charge < -0.3 is 5.73 Å². The van der Waals surface area contributed by atoms with E-state index in [1.165, 1.54) is 4.90 Å². The lowest BCUT2D eigenvalue weighted by molar-refractivity contribution is -0.140. The molecule has 88 valence electrons. The molecule has 16 heavy (non-hydrogen) atoms. The third-order valence-electron chi connectivity index (χ3n) is 2.17. The quantitative estimate of drug-likeness (QED) is 0.816. The summed E-state index contributed by atoms with van der Waals surface area (Å²) in [7, 11) is 0. The minimum atomic E-state index is -4.47. The minimum absolute atomic E-state index is 0.0604. The Hall–Kier alpha value is -1.15. The Balaban J connectivity index is 2.23. The van der Waals surface area contributed by atoms with Crippen molar-refractivity contribution in [2.24, 2.45) is 5.73 Å². The SMILES string of the molecule is NC1CC(=O)N(c2nc(C(F)(F)F)cs2)C1. The summed E-state index contributed by atoms with van der Waals surface area (Å²) in [5.41, 5.74) is 4.57. The zero-order valence-electron chi connectivity index (χ0n) is 7.99. The second-order valence-corrected chi connectivity index (χ2v) is 4.32. The number of nitrogens with two attached hydrogens (primary N) is 1. The highest BCUT2D eigenvalue weighted by Gasteiger charge is 2.36. The molecule has 2 heterocycles. The number of carbonyl (C=O) groups excluding carboxylic acids is 1. The van der Waals surface area contributed by atoms with Crippen LogP contribution in [0.3, 0.4) is 0 Å². The monoisotopic (exact) mass is 251 g/mol. The number of anilines is 1. The Morgan fingerprint density at radius 2 is 2.25 bits per heavy atom. The van der Waals surface area contributed by atoms with Crippen LogP contribution >= 0.6 is 11.3 Å². The summed E-state index contributed by atoms with van der Waals surface area (Å²) >= 11 is 0.798. The summed E-state index contributed by atoms with van der Waals surface area (Å²) in [5.74, 6) is -0.282. The molecule has 4 nitrogen and oxygen atoms in total. The van der Waals surface area contributed by atoms with Crippen molar-refractivity contribution in [3.63, 3.8) is 0 Å². The first kappa shape index (κ1) is 11.3. The molecule has 1 aliphatic heterocycles. The number of halogens is 3. The van der Waals surface area contributed by atoms with Crippen molar-refractivity contribution in [3.8, 4) is 0 Å². The van der Waals surface area contributed by atoms with Crippen molar-refractivity contribution in [1.29, 1.82) is 0 Å². The van der Waals surface area contributed by atoms with Crippen LogP contribution in [0.2, 0.25) is 0 Å². The fourth-order valence-electron chi connectivity index (χ4n) is 1.44. The average Bonchev–Trinajstić information content (AvgIpc) is 2.70. The number of amides is 1. The van der Waals surface area contributed by atoms with E-state index in [9.17, 15) is 18.0 Å². The Bertz CT molecular complexity index is 417. The maximum atomic E-state index is 12.3. The third kappa shape index (κ3) is 2.03. The van der Waals surface area contributed by atoms with Gasteiger partial charge in [0, 0.05) is 24.4 Å². The van der Waals surface area contributed by atoms with E-state index >= 15 is 0 Å². The molecule has 1 saturated heterocycles. The first-order chi connectivity index (χ1) is 7.38. The molecule has 1 aromatic heterocycles. The summed E-state index contributed by atoms with van der Waals surface area (Å²) < 4.78 is 36.8. The van der Waals surface area contributed by atoms with Crippen molar-refractivity contribution < 1.29 is 18.0 Å². The normalized spacial score (nSPS) is 21.9. The highest BCUT2D eigenvalue weighted by Crippen LogP contribution is 2.33. The van der Waals surface area contributed by atoms with Crippen molar-refractivity contribution >= 4 is 22.4 Å². The van der Waals surface area contributed by atoms with E-state index in [-0.39, 0.29) is 30.0 Å². The number of carbonyl (C=O) groups is 1. The van der Waals surface area contributed by atoms with E-state index in [0.29, 0.717) is 0 Å². The molecule has 0 saturated carbocycles. The van der Waals surface area contributed by atoms with Crippen molar-refractivity contribution in [3.05, 3.63) is 11.1 Å². The molecular formula is C8H8F3N3OS. The first-order valence-electron chi connectivity index (χ1n) is 4.46. The second kappa shape index (κ2) is 3.70. The number of hydrogen-bond acceptors (Lipinski definition) is 4. The molecule has 0 aliphatic carbocycles. The molecule has 2 N–H and O–H groups in total. The van der Waals surface area contributed by atoms with Crippen LogP contribution in [-0.2, 0) is 11.0 Å². The molecule has 1 amide bonds.